The summed E-state index contributed by atoms with van der Waals surface area (Å²) in [5.41, 5.74) is 1.49. The maximum atomic E-state index is 2.54. The molecule has 1 heterocycles. The summed E-state index contributed by atoms with van der Waals surface area (Å²) in [6.45, 7) is 7.91. The van der Waals surface area contributed by atoms with E-state index >= 15 is 0 Å². The Bertz CT molecular complexity index is 492. The number of rotatable bonds is 4. The van der Waals surface area contributed by atoms with Crippen LogP contribution in [-0.4, -0.2) is 61.3 Å². The molecule has 1 saturated heterocycles. The van der Waals surface area contributed by atoms with E-state index in [0.29, 0.717) is 0 Å². The maximum Gasteiger partial charge on any atom is 0.129 e. The van der Waals surface area contributed by atoms with Crippen LogP contribution in [0.25, 0.3) is 0 Å². The Morgan fingerprint density at radius 1 is 0.880 bits per heavy atom. The molecule has 1 atom stereocenters. The largest absolute Gasteiger partial charge is 1.00 e. The second-order valence-electron chi connectivity index (χ2n) is 8.68. The predicted octanol–water partition coefficient (Wildman–Crippen LogP) is -2.13. The first kappa shape index (κ1) is 23.1. The van der Waals surface area contributed by atoms with Crippen molar-refractivity contribution >= 4 is 0 Å². The first-order valence-corrected chi connectivity index (χ1v) is 9.74. The molecule has 0 amide bonds. The number of likely N-dealkylation sites (N-methyl/N-ethyl adjacent to an activating group) is 2. The Morgan fingerprint density at radius 2 is 1.44 bits per heavy atom. The van der Waals surface area contributed by atoms with Crippen molar-refractivity contribution < 1.29 is 42.9 Å². The highest BCUT2D eigenvalue weighted by Crippen LogP contribution is 2.30. The molecule has 0 N–H and O–H groups in total. The number of piperazine rings is 1. The van der Waals surface area contributed by atoms with E-state index in [1.54, 1.807) is 0 Å². The van der Waals surface area contributed by atoms with E-state index < -0.39 is 0 Å². The van der Waals surface area contributed by atoms with Crippen LogP contribution in [0.4, 0.5) is 0 Å². The number of hydrogen-bond acceptors (Lipinski definition) is 0. The smallest absolute Gasteiger partial charge is 0.129 e. The molecule has 4 heteroatoms. The fraction of sp³-hybridized carbons (Fsp3) is 0.714. The molecule has 3 rings (SSSR count). The van der Waals surface area contributed by atoms with Gasteiger partial charge in [-0.25, -0.2) is 0 Å². The standard InChI is InChI=1S/C21H36N2.2BrH/c1-19(18-20-10-6-4-7-11-20)22(2)14-16-23(3,17-15-22)21-12-8-5-9-13-21;;/h4,6-7,10-11,19,21H,5,8-9,12-18H2,1-3H3;2*1H/q+2;;/p-2. The lowest BCUT2D eigenvalue weighted by molar-refractivity contribution is -1.04. The Morgan fingerprint density at radius 3 is 2.00 bits per heavy atom. The zero-order valence-corrected chi connectivity index (χ0v) is 19.4. The van der Waals surface area contributed by atoms with Crippen molar-refractivity contribution in [3.63, 3.8) is 0 Å². The van der Waals surface area contributed by atoms with Crippen molar-refractivity contribution in [2.45, 2.75) is 57.5 Å². The number of quaternary nitrogens is 2. The summed E-state index contributed by atoms with van der Waals surface area (Å²) in [6.07, 6.45) is 8.56. The molecule has 1 aliphatic carbocycles. The van der Waals surface area contributed by atoms with Crippen LogP contribution in [0.5, 0.6) is 0 Å². The maximum absolute atomic E-state index is 2.54. The van der Waals surface area contributed by atoms with E-state index in [1.807, 2.05) is 0 Å². The topological polar surface area (TPSA) is 0 Å². The third-order valence-corrected chi connectivity index (χ3v) is 7.14. The SMILES string of the molecule is CC(Cc1ccccc1)[N+]1(C)CC[N+](C)(C2CCCCC2)CC1.[Br-].[Br-]. The van der Waals surface area contributed by atoms with Gasteiger partial charge >= 0.3 is 0 Å². The third-order valence-electron chi connectivity index (χ3n) is 7.14. The van der Waals surface area contributed by atoms with Gasteiger partial charge in [-0.05, 0) is 38.2 Å². The van der Waals surface area contributed by atoms with Crippen molar-refractivity contribution in [2.24, 2.45) is 0 Å². The minimum absolute atomic E-state index is 0. The van der Waals surface area contributed by atoms with Crippen molar-refractivity contribution in [3.8, 4) is 0 Å². The molecule has 25 heavy (non-hydrogen) atoms. The summed E-state index contributed by atoms with van der Waals surface area (Å²) in [4.78, 5) is 0. The first-order valence-electron chi connectivity index (χ1n) is 9.74. The highest BCUT2D eigenvalue weighted by molar-refractivity contribution is 5.15. The molecule has 0 aromatic heterocycles. The molecule has 1 aliphatic heterocycles. The fourth-order valence-corrected chi connectivity index (χ4v) is 4.82. The number of halogens is 2. The Balaban J connectivity index is 0.00000156. The second kappa shape index (κ2) is 9.87. The lowest BCUT2D eigenvalue weighted by Gasteiger charge is -2.52. The summed E-state index contributed by atoms with van der Waals surface area (Å²) in [5.74, 6) is 0. The van der Waals surface area contributed by atoms with E-state index in [-0.39, 0.29) is 34.0 Å². The quantitative estimate of drug-likeness (QED) is 0.436. The van der Waals surface area contributed by atoms with Gasteiger partial charge in [0, 0.05) is 6.42 Å². The van der Waals surface area contributed by atoms with E-state index in [1.165, 1.54) is 79.2 Å². The van der Waals surface area contributed by atoms with Gasteiger partial charge in [0.05, 0.1) is 26.2 Å². The minimum atomic E-state index is 0. The van der Waals surface area contributed by atoms with Gasteiger partial charge in [0.1, 0.15) is 26.2 Å². The van der Waals surface area contributed by atoms with Crippen molar-refractivity contribution in [1.82, 2.24) is 0 Å². The van der Waals surface area contributed by atoms with Crippen LogP contribution < -0.4 is 34.0 Å². The second-order valence-corrected chi connectivity index (χ2v) is 8.68. The fourth-order valence-electron chi connectivity index (χ4n) is 4.82. The zero-order valence-electron chi connectivity index (χ0n) is 16.3. The Labute approximate surface area is 176 Å². The molecule has 1 aromatic carbocycles. The molecule has 2 fully saturated rings. The predicted molar refractivity (Wildman–Crippen MR) is 98.3 cm³/mol. The highest BCUT2D eigenvalue weighted by atomic mass is 79.9. The summed E-state index contributed by atoms with van der Waals surface area (Å²) in [5, 5.41) is 0. The van der Waals surface area contributed by atoms with Gasteiger partial charge < -0.3 is 42.9 Å². The molecule has 144 valence electrons. The molecular formula is C21H36Br2N2. The van der Waals surface area contributed by atoms with Crippen molar-refractivity contribution in [2.75, 3.05) is 40.3 Å². The van der Waals surface area contributed by atoms with Crippen LogP contribution in [0.1, 0.15) is 44.6 Å². The Kier molecular flexibility index (Phi) is 9.13. The molecular weight excluding hydrogens is 440 g/mol. The molecule has 0 spiro atoms. The highest BCUT2D eigenvalue weighted by Gasteiger charge is 2.44. The lowest BCUT2D eigenvalue weighted by atomic mass is 9.91. The van der Waals surface area contributed by atoms with Gasteiger partial charge in [-0.15, -0.1) is 0 Å². The van der Waals surface area contributed by atoms with Crippen molar-refractivity contribution in [3.05, 3.63) is 35.9 Å². The van der Waals surface area contributed by atoms with Crippen molar-refractivity contribution in [1.29, 1.82) is 0 Å². The normalized spacial score (nSPS) is 31.5. The van der Waals surface area contributed by atoms with Gasteiger partial charge in [-0.3, -0.25) is 0 Å². The van der Waals surface area contributed by atoms with Crippen LogP contribution in [0, 0.1) is 0 Å². The summed E-state index contributed by atoms with van der Waals surface area (Å²) >= 11 is 0. The van der Waals surface area contributed by atoms with Crippen LogP contribution in [0.3, 0.4) is 0 Å². The number of hydrogen-bond donors (Lipinski definition) is 0. The van der Waals surface area contributed by atoms with Gasteiger partial charge in [-0.1, -0.05) is 36.8 Å². The zero-order chi connectivity index (χ0) is 16.3. The van der Waals surface area contributed by atoms with Gasteiger partial charge in [0.15, 0.2) is 0 Å². The average Bonchev–Trinajstić information content (AvgIpc) is 2.59. The summed E-state index contributed by atoms with van der Waals surface area (Å²) in [6, 6.07) is 12.7. The summed E-state index contributed by atoms with van der Waals surface area (Å²) in [7, 11) is 5.04. The minimum Gasteiger partial charge on any atom is -1.00 e. The molecule has 1 aromatic rings. The third kappa shape index (κ3) is 5.54. The number of nitrogens with zero attached hydrogens (tertiary/aromatic N) is 2. The summed E-state index contributed by atoms with van der Waals surface area (Å²) < 4.78 is 2.61. The van der Waals surface area contributed by atoms with E-state index in [9.17, 15) is 0 Å². The molecule has 2 nitrogen and oxygen atoms in total. The van der Waals surface area contributed by atoms with Crippen LogP contribution in [0.15, 0.2) is 30.3 Å². The molecule has 0 radical (unpaired) electrons. The van der Waals surface area contributed by atoms with Gasteiger partial charge in [0.25, 0.3) is 0 Å². The first-order chi connectivity index (χ1) is 11.0. The van der Waals surface area contributed by atoms with Crippen LogP contribution in [0.2, 0.25) is 0 Å². The van der Waals surface area contributed by atoms with E-state index in [0.717, 1.165) is 12.1 Å². The monoisotopic (exact) mass is 474 g/mol. The van der Waals surface area contributed by atoms with E-state index in [4.69, 9.17) is 0 Å². The van der Waals surface area contributed by atoms with Gasteiger partial charge in [0.2, 0.25) is 0 Å². The molecule has 2 aliphatic rings. The van der Waals surface area contributed by atoms with Crippen LogP contribution >= 0.6 is 0 Å². The average molecular weight is 476 g/mol. The molecule has 1 saturated carbocycles. The Hall–Kier alpha value is 0.1000. The van der Waals surface area contributed by atoms with Gasteiger partial charge in [-0.2, -0.15) is 0 Å². The van der Waals surface area contributed by atoms with E-state index in [2.05, 4.69) is 51.4 Å². The molecule has 0 bridgehead atoms. The number of benzene rings is 1. The lowest BCUT2D eigenvalue weighted by Crippen LogP contribution is -3.00. The molecule has 1 unspecified atom stereocenters. The van der Waals surface area contributed by atoms with Crippen LogP contribution in [-0.2, 0) is 6.42 Å².